The zero-order chi connectivity index (χ0) is 15.4. The Morgan fingerprint density at radius 1 is 1.27 bits per heavy atom. The zero-order valence-corrected chi connectivity index (χ0v) is 12.5. The van der Waals surface area contributed by atoms with Crippen molar-refractivity contribution in [2.45, 2.75) is 13.0 Å². The van der Waals surface area contributed by atoms with Gasteiger partial charge in [0.25, 0.3) is 0 Å². The first-order valence-electron chi connectivity index (χ1n) is 6.86. The van der Waals surface area contributed by atoms with Gasteiger partial charge in [0.2, 0.25) is 0 Å². The molecule has 0 saturated heterocycles. The van der Waals surface area contributed by atoms with Crippen LogP contribution in [0, 0.1) is 5.82 Å². The lowest BCUT2D eigenvalue weighted by Gasteiger charge is -2.07. The molecular weight excluding hydrogens is 303 g/mol. The van der Waals surface area contributed by atoms with Crippen LogP contribution >= 0.6 is 11.6 Å². The fourth-order valence-corrected chi connectivity index (χ4v) is 2.25. The van der Waals surface area contributed by atoms with Gasteiger partial charge in [0.15, 0.2) is 0 Å². The molecule has 1 heterocycles. The highest BCUT2D eigenvalue weighted by Gasteiger charge is 2.05. The predicted molar refractivity (Wildman–Crippen MR) is 84.6 cm³/mol. The van der Waals surface area contributed by atoms with E-state index in [-0.39, 0.29) is 11.6 Å². The maximum Gasteiger partial charge on any atom is 0.142 e. The molecule has 5 heteroatoms. The van der Waals surface area contributed by atoms with E-state index in [1.807, 2.05) is 30.4 Å². The van der Waals surface area contributed by atoms with Gasteiger partial charge in [-0.15, -0.1) is 0 Å². The van der Waals surface area contributed by atoms with Crippen LogP contribution in [0.5, 0.6) is 0 Å². The van der Waals surface area contributed by atoms with Gasteiger partial charge >= 0.3 is 0 Å². The number of allylic oxidation sites excluding steroid dienone is 5. The molecule has 1 aromatic heterocycles. The maximum atomic E-state index is 13.4. The van der Waals surface area contributed by atoms with Crippen LogP contribution < -0.4 is 0 Å². The first kappa shape index (κ1) is 14.6. The Morgan fingerprint density at radius 3 is 2.95 bits per heavy atom. The summed E-state index contributed by atoms with van der Waals surface area (Å²) in [7, 11) is 0. The van der Waals surface area contributed by atoms with Crippen molar-refractivity contribution < 1.29 is 9.13 Å². The molecule has 1 aromatic carbocycles. The van der Waals surface area contributed by atoms with Crippen molar-refractivity contribution in [3.05, 3.63) is 82.6 Å². The second-order valence-electron chi connectivity index (χ2n) is 4.87. The molecule has 2 aromatic rings. The summed E-state index contributed by atoms with van der Waals surface area (Å²) in [6.07, 6.45) is 10.3. The van der Waals surface area contributed by atoms with Crippen LogP contribution in [-0.4, -0.2) is 10.2 Å². The quantitative estimate of drug-likeness (QED) is 0.891. The molecule has 0 spiro atoms. The summed E-state index contributed by atoms with van der Waals surface area (Å²) in [5.74, 6) is 0.291. The predicted octanol–water partition coefficient (Wildman–Crippen LogP) is 4.65. The van der Waals surface area contributed by atoms with E-state index in [9.17, 15) is 4.39 Å². The van der Waals surface area contributed by atoms with Crippen LogP contribution in [0.25, 0.3) is 5.57 Å². The standard InChI is InChI=1S/C17H14ClFN2O/c18-15-7-4-12(10-16(15)19)11-22-14-3-1-2-13(5-6-14)17-8-9-20-21-17/h1,3-10H,2,11H2,(H,20,21). The Morgan fingerprint density at radius 2 is 2.18 bits per heavy atom. The number of aromatic nitrogens is 2. The summed E-state index contributed by atoms with van der Waals surface area (Å²) < 4.78 is 19.1. The molecule has 0 unspecified atom stereocenters. The lowest BCUT2D eigenvalue weighted by Crippen LogP contribution is -1.92. The van der Waals surface area contributed by atoms with Crippen molar-refractivity contribution in [3.63, 3.8) is 0 Å². The number of hydrogen-bond donors (Lipinski definition) is 1. The molecule has 3 rings (SSSR count). The van der Waals surface area contributed by atoms with E-state index in [0.29, 0.717) is 0 Å². The van der Waals surface area contributed by atoms with Gasteiger partial charge in [-0.1, -0.05) is 29.8 Å². The van der Waals surface area contributed by atoms with E-state index in [1.54, 1.807) is 12.3 Å². The van der Waals surface area contributed by atoms with Crippen molar-refractivity contribution >= 4 is 17.2 Å². The highest BCUT2D eigenvalue weighted by Crippen LogP contribution is 2.21. The Labute approximate surface area is 132 Å². The van der Waals surface area contributed by atoms with E-state index in [2.05, 4.69) is 10.2 Å². The van der Waals surface area contributed by atoms with Gasteiger partial charge in [-0.05, 0) is 47.9 Å². The normalized spacial score (nSPS) is 14.3. The van der Waals surface area contributed by atoms with Gasteiger partial charge in [0.1, 0.15) is 18.2 Å². The third kappa shape index (κ3) is 3.46. The molecule has 0 amide bonds. The number of halogens is 2. The van der Waals surface area contributed by atoms with Crippen LogP contribution in [0.3, 0.4) is 0 Å². The highest BCUT2D eigenvalue weighted by molar-refractivity contribution is 6.30. The molecule has 0 radical (unpaired) electrons. The lowest BCUT2D eigenvalue weighted by atomic mass is 10.1. The number of rotatable bonds is 4. The number of ether oxygens (including phenoxy) is 1. The topological polar surface area (TPSA) is 37.9 Å². The van der Waals surface area contributed by atoms with E-state index in [1.165, 1.54) is 12.1 Å². The number of H-pyrrole nitrogens is 1. The lowest BCUT2D eigenvalue weighted by molar-refractivity contribution is 0.211. The van der Waals surface area contributed by atoms with Crippen LogP contribution in [0.1, 0.15) is 17.7 Å². The minimum Gasteiger partial charge on any atom is -0.489 e. The van der Waals surface area contributed by atoms with Crippen molar-refractivity contribution in [2.24, 2.45) is 0 Å². The Kier molecular flexibility index (Phi) is 4.39. The highest BCUT2D eigenvalue weighted by atomic mass is 35.5. The van der Waals surface area contributed by atoms with Crippen LogP contribution in [0.15, 0.2) is 60.5 Å². The van der Waals surface area contributed by atoms with E-state index in [4.69, 9.17) is 16.3 Å². The summed E-state index contributed by atoms with van der Waals surface area (Å²) in [6, 6.07) is 6.59. The Bertz CT molecular complexity index is 748. The average Bonchev–Trinajstić information content (AvgIpc) is 2.95. The summed E-state index contributed by atoms with van der Waals surface area (Å²) in [4.78, 5) is 0. The van der Waals surface area contributed by atoms with Crippen molar-refractivity contribution in [2.75, 3.05) is 0 Å². The minimum atomic E-state index is -0.436. The molecule has 22 heavy (non-hydrogen) atoms. The van der Waals surface area contributed by atoms with Gasteiger partial charge in [-0.2, -0.15) is 5.10 Å². The van der Waals surface area contributed by atoms with Gasteiger partial charge in [-0.3, -0.25) is 5.10 Å². The Hall–Kier alpha value is -2.33. The first-order valence-corrected chi connectivity index (χ1v) is 7.24. The van der Waals surface area contributed by atoms with Gasteiger partial charge < -0.3 is 4.74 Å². The van der Waals surface area contributed by atoms with Gasteiger partial charge in [0.05, 0.1) is 10.7 Å². The van der Waals surface area contributed by atoms with E-state index < -0.39 is 5.82 Å². The van der Waals surface area contributed by atoms with Crippen LogP contribution in [0.2, 0.25) is 5.02 Å². The zero-order valence-electron chi connectivity index (χ0n) is 11.7. The molecule has 3 nitrogen and oxygen atoms in total. The first-order chi connectivity index (χ1) is 10.7. The molecule has 0 saturated carbocycles. The smallest absolute Gasteiger partial charge is 0.142 e. The largest absolute Gasteiger partial charge is 0.489 e. The number of nitrogens with one attached hydrogen (secondary N) is 1. The summed E-state index contributed by atoms with van der Waals surface area (Å²) in [5.41, 5.74) is 2.85. The molecule has 1 N–H and O–H groups in total. The SMILES string of the molecule is Fc1cc(COC2=CC=C(c3ccn[nH]3)CC=C2)ccc1Cl. The minimum absolute atomic E-state index is 0.115. The van der Waals surface area contributed by atoms with Crippen molar-refractivity contribution in [3.8, 4) is 0 Å². The van der Waals surface area contributed by atoms with Gasteiger partial charge in [0, 0.05) is 6.20 Å². The fraction of sp³-hybridized carbons (Fsp3) is 0.118. The molecule has 112 valence electrons. The molecule has 0 atom stereocenters. The monoisotopic (exact) mass is 316 g/mol. The number of hydrogen-bond acceptors (Lipinski definition) is 2. The number of nitrogens with zero attached hydrogens (tertiary/aromatic N) is 1. The summed E-state index contributed by atoms with van der Waals surface area (Å²) in [5, 5.41) is 7.01. The second kappa shape index (κ2) is 6.62. The van der Waals surface area contributed by atoms with Crippen LogP contribution in [0.4, 0.5) is 4.39 Å². The molecule has 0 bridgehead atoms. The number of benzene rings is 1. The summed E-state index contributed by atoms with van der Waals surface area (Å²) in [6.45, 7) is 0.289. The molecule has 0 aliphatic heterocycles. The average molecular weight is 317 g/mol. The third-order valence-corrected chi connectivity index (χ3v) is 3.61. The molecule has 0 fully saturated rings. The van der Waals surface area contributed by atoms with Crippen LogP contribution in [-0.2, 0) is 11.3 Å². The molecular formula is C17H14ClFN2O. The number of aromatic amines is 1. The fourth-order valence-electron chi connectivity index (χ4n) is 2.14. The molecule has 1 aliphatic rings. The van der Waals surface area contributed by atoms with E-state index >= 15 is 0 Å². The maximum absolute atomic E-state index is 13.4. The third-order valence-electron chi connectivity index (χ3n) is 3.30. The van der Waals surface area contributed by atoms with Gasteiger partial charge in [-0.25, -0.2) is 4.39 Å². The van der Waals surface area contributed by atoms with Crippen molar-refractivity contribution in [1.29, 1.82) is 0 Å². The summed E-state index contributed by atoms with van der Waals surface area (Å²) >= 11 is 5.66. The molecule has 1 aliphatic carbocycles. The Balaban J connectivity index is 1.68. The second-order valence-corrected chi connectivity index (χ2v) is 5.28. The van der Waals surface area contributed by atoms with E-state index in [0.717, 1.165) is 29.0 Å². The van der Waals surface area contributed by atoms with Crippen molar-refractivity contribution in [1.82, 2.24) is 10.2 Å².